The van der Waals surface area contributed by atoms with Gasteiger partial charge in [0.15, 0.2) is 11.5 Å². The van der Waals surface area contributed by atoms with Crippen LogP contribution in [-0.2, 0) is 6.42 Å². The van der Waals surface area contributed by atoms with E-state index >= 15 is 0 Å². The molecule has 0 radical (unpaired) electrons. The summed E-state index contributed by atoms with van der Waals surface area (Å²) in [5.41, 5.74) is 1.57. The van der Waals surface area contributed by atoms with E-state index in [4.69, 9.17) is 9.47 Å². The van der Waals surface area contributed by atoms with Crippen molar-refractivity contribution in [2.45, 2.75) is 32.2 Å². The molecule has 5 nitrogen and oxygen atoms in total. The van der Waals surface area contributed by atoms with Crippen molar-refractivity contribution in [1.82, 2.24) is 10.3 Å². The summed E-state index contributed by atoms with van der Waals surface area (Å²) < 4.78 is 11.2. The van der Waals surface area contributed by atoms with Gasteiger partial charge in [-0.2, -0.15) is 0 Å². The average Bonchev–Trinajstić information content (AvgIpc) is 2.95. The first-order chi connectivity index (χ1) is 11.2. The number of nitrogens with one attached hydrogen (secondary N) is 1. The minimum Gasteiger partial charge on any atom is -0.486 e. The topological polar surface area (TPSA) is 60.5 Å². The molecule has 1 aliphatic carbocycles. The van der Waals surface area contributed by atoms with Crippen molar-refractivity contribution in [3.05, 3.63) is 39.3 Å². The quantitative estimate of drug-likeness (QED) is 0.919. The van der Waals surface area contributed by atoms with Crippen LogP contribution in [0.3, 0.4) is 0 Å². The van der Waals surface area contributed by atoms with Crippen molar-refractivity contribution in [2.75, 3.05) is 13.2 Å². The van der Waals surface area contributed by atoms with E-state index in [0.29, 0.717) is 30.3 Å². The lowest BCUT2D eigenvalue weighted by Crippen LogP contribution is -2.31. The van der Waals surface area contributed by atoms with Crippen LogP contribution < -0.4 is 14.8 Å². The summed E-state index contributed by atoms with van der Waals surface area (Å²) in [6.45, 7) is 3.00. The predicted octanol–water partition coefficient (Wildman–Crippen LogP) is 3.03. The second-order valence-electron chi connectivity index (χ2n) is 5.79. The Morgan fingerprint density at radius 1 is 1.35 bits per heavy atom. The van der Waals surface area contributed by atoms with E-state index in [1.54, 1.807) is 17.4 Å². The van der Waals surface area contributed by atoms with Crippen LogP contribution in [0.2, 0.25) is 0 Å². The van der Waals surface area contributed by atoms with Crippen molar-refractivity contribution in [1.29, 1.82) is 0 Å². The number of aromatic nitrogens is 1. The first-order valence-electron chi connectivity index (χ1n) is 7.88. The van der Waals surface area contributed by atoms with Crippen LogP contribution in [0.25, 0.3) is 0 Å². The number of hydrogen-bond donors (Lipinski definition) is 1. The zero-order chi connectivity index (χ0) is 15.8. The zero-order valence-electron chi connectivity index (χ0n) is 12.9. The highest BCUT2D eigenvalue weighted by Crippen LogP contribution is 2.36. The summed E-state index contributed by atoms with van der Waals surface area (Å²) in [5.74, 6) is 1.05. The Morgan fingerprint density at radius 3 is 3.13 bits per heavy atom. The highest BCUT2D eigenvalue weighted by Gasteiger charge is 2.27. The van der Waals surface area contributed by atoms with E-state index < -0.39 is 0 Å². The van der Waals surface area contributed by atoms with Gasteiger partial charge in [0.05, 0.1) is 22.3 Å². The molecular weight excluding hydrogens is 312 g/mol. The van der Waals surface area contributed by atoms with Crippen molar-refractivity contribution in [2.24, 2.45) is 0 Å². The number of nitrogens with zero attached hydrogens (tertiary/aromatic N) is 1. The molecule has 1 atom stereocenters. The number of thiazole rings is 1. The van der Waals surface area contributed by atoms with Gasteiger partial charge in [0.1, 0.15) is 13.2 Å². The van der Waals surface area contributed by atoms with Gasteiger partial charge in [0.2, 0.25) is 0 Å². The molecule has 6 heteroatoms. The average molecular weight is 330 g/mol. The molecule has 1 amide bonds. The standard InChI is InChI=1S/C17H18N2O3S/c1-10-18-15-12(5-3-7-14(15)23-10)19-17(20)11-4-2-6-13-16(11)22-9-8-21-13/h2,4,6,12H,3,5,7-9H2,1H3,(H,19,20)/t12-/m0/s1. The summed E-state index contributed by atoms with van der Waals surface area (Å²) >= 11 is 1.73. The van der Waals surface area contributed by atoms with E-state index in [9.17, 15) is 4.79 Å². The Labute approximate surface area is 138 Å². The van der Waals surface area contributed by atoms with Crippen LogP contribution in [-0.4, -0.2) is 24.1 Å². The number of ether oxygens (including phenoxy) is 2. The Balaban J connectivity index is 1.60. The molecule has 1 N–H and O–H groups in total. The van der Waals surface area contributed by atoms with E-state index in [2.05, 4.69) is 10.3 Å². The molecule has 0 bridgehead atoms. The first kappa shape index (κ1) is 14.5. The molecule has 1 aliphatic heterocycles. The summed E-state index contributed by atoms with van der Waals surface area (Å²) in [5, 5.41) is 4.18. The molecule has 0 spiro atoms. The highest BCUT2D eigenvalue weighted by molar-refractivity contribution is 7.11. The number of amides is 1. The maximum absolute atomic E-state index is 12.7. The van der Waals surface area contributed by atoms with Crippen LogP contribution in [0.1, 0.15) is 44.8 Å². The molecule has 0 saturated carbocycles. The molecule has 0 fully saturated rings. The second-order valence-corrected chi connectivity index (χ2v) is 7.08. The van der Waals surface area contributed by atoms with Crippen molar-refractivity contribution in [3.8, 4) is 11.5 Å². The van der Waals surface area contributed by atoms with E-state index in [0.717, 1.165) is 30.0 Å². The monoisotopic (exact) mass is 330 g/mol. The third-order valence-corrected chi connectivity index (χ3v) is 5.22. The third kappa shape index (κ3) is 2.67. The van der Waals surface area contributed by atoms with Crippen molar-refractivity contribution in [3.63, 3.8) is 0 Å². The van der Waals surface area contributed by atoms with E-state index in [-0.39, 0.29) is 11.9 Å². The molecule has 120 valence electrons. The van der Waals surface area contributed by atoms with Gasteiger partial charge in [-0.1, -0.05) is 6.07 Å². The van der Waals surface area contributed by atoms with Gasteiger partial charge in [-0.05, 0) is 38.3 Å². The fourth-order valence-electron chi connectivity index (χ4n) is 3.17. The molecule has 0 saturated heterocycles. The number of carbonyl (C=O) groups excluding carboxylic acids is 1. The van der Waals surface area contributed by atoms with E-state index in [1.165, 1.54) is 4.88 Å². The fourth-order valence-corrected chi connectivity index (χ4v) is 4.21. The molecular formula is C17H18N2O3S. The van der Waals surface area contributed by atoms with Gasteiger partial charge < -0.3 is 14.8 Å². The number of fused-ring (bicyclic) bond motifs is 2. The Bertz CT molecular complexity index is 756. The zero-order valence-corrected chi connectivity index (χ0v) is 13.7. The number of para-hydroxylation sites is 1. The first-order valence-corrected chi connectivity index (χ1v) is 8.69. The number of carbonyl (C=O) groups is 1. The van der Waals surface area contributed by atoms with Gasteiger partial charge in [-0.3, -0.25) is 4.79 Å². The summed E-state index contributed by atoms with van der Waals surface area (Å²) in [4.78, 5) is 18.6. The van der Waals surface area contributed by atoms with Gasteiger partial charge in [-0.25, -0.2) is 4.98 Å². The maximum atomic E-state index is 12.7. The van der Waals surface area contributed by atoms with Gasteiger partial charge in [0, 0.05) is 4.88 Å². The summed E-state index contributed by atoms with van der Waals surface area (Å²) in [7, 11) is 0. The molecule has 2 aromatic rings. The van der Waals surface area contributed by atoms with Crippen LogP contribution in [0.15, 0.2) is 18.2 Å². The number of rotatable bonds is 2. The molecule has 4 rings (SSSR count). The van der Waals surface area contributed by atoms with Gasteiger partial charge >= 0.3 is 0 Å². The Kier molecular flexibility index (Phi) is 3.69. The summed E-state index contributed by atoms with van der Waals surface area (Å²) in [6, 6.07) is 5.41. The molecule has 2 aliphatic rings. The number of aryl methyl sites for hydroxylation is 2. The largest absolute Gasteiger partial charge is 0.486 e. The molecule has 2 heterocycles. The minimum absolute atomic E-state index is 0.0171. The fraction of sp³-hybridized carbons (Fsp3) is 0.412. The molecule has 1 aromatic heterocycles. The third-order valence-electron chi connectivity index (χ3n) is 4.18. The molecule has 1 aromatic carbocycles. The Hall–Kier alpha value is -2.08. The lowest BCUT2D eigenvalue weighted by atomic mass is 9.97. The lowest BCUT2D eigenvalue weighted by Gasteiger charge is -2.24. The Morgan fingerprint density at radius 2 is 2.22 bits per heavy atom. The van der Waals surface area contributed by atoms with Crippen LogP contribution >= 0.6 is 11.3 Å². The molecule has 0 unspecified atom stereocenters. The lowest BCUT2D eigenvalue weighted by molar-refractivity contribution is 0.0921. The van der Waals surface area contributed by atoms with Gasteiger partial charge in [0.25, 0.3) is 5.91 Å². The number of benzene rings is 1. The van der Waals surface area contributed by atoms with Crippen LogP contribution in [0.4, 0.5) is 0 Å². The van der Waals surface area contributed by atoms with Gasteiger partial charge in [-0.15, -0.1) is 11.3 Å². The SMILES string of the molecule is Cc1nc2c(s1)CCC[C@@H]2NC(=O)c1cccc2c1OCCO2. The maximum Gasteiger partial charge on any atom is 0.255 e. The van der Waals surface area contributed by atoms with Crippen molar-refractivity contribution >= 4 is 17.2 Å². The molecule has 23 heavy (non-hydrogen) atoms. The highest BCUT2D eigenvalue weighted by atomic mass is 32.1. The van der Waals surface area contributed by atoms with Crippen molar-refractivity contribution < 1.29 is 14.3 Å². The second kappa shape index (κ2) is 5.85. The normalized spacial score (nSPS) is 19.1. The van der Waals surface area contributed by atoms with Crippen LogP contribution in [0, 0.1) is 6.92 Å². The van der Waals surface area contributed by atoms with Crippen LogP contribution in [0.5, 0.6) is 11.5 Å². The smallest absolute Gasteiger partial charge is 0.255 e. The minimum atomic E-state index is -0.129. The summed E-state index contributed by atoms with van der Waals surface area (Å²) in [6.07, 6.45) is 3.06. The predicted molar refractivity (Wildman–Crippen MR) is 87.4 cm³/mol. The number of hydrogen-bond acceptors (Lipinski definition) is 5. The van der Waals surface area contributed by atoms with E-state index in [1.807, 2.05) is 19.1 Å².